The number of hydrogen-bond acceptors (Lipinski definition) is 24. The first-order chi connectivity index (χ1) is 25.5. The minimum Gasteiger partial charge on any atom is -0.448 e. The predicted octanol–water partition coefficient (Wildman–Crippen LogP) is -6.49. The van der Waals surface area contributed by atoms with Gasteiger partial charge >= 0.3 is 11.9 Å². The number of carbonyl (C=O) groups is 2. The van der Waals surface area contributed by atoms with Gasteiger partial charge in [-0.1, -0.05) is 13.8 Å². The van der Waals surface area contributed by atoms with Crippen LogP contribution in [-0.4, -0.2) is 219 Å². The maximum Gasteiger partial charge on any atom is 0.338 e. The third kappa shape index (κ3) is 13.5. The zero-order valence-electron chi connectivity index (χ0n) is 29.4. The molecule has 2 aliphatic rings. The molecule has 0 radical (unpaired) electrons. The largest absolute Gasteiger partial charge is 0.448 e. The molecular formula is C30H54O22S2. The Morgan fingerprint density at radius 1 is 0.685 bits per heavy atom. The molecule has 14 N–H and O–H groups in total. The Labute approximate surface area is 317 Å². The zero-order chi connectivity index (χ0) is 40.9. The molecule has 4 unspecified atom stereocenters. The number of rotatable bonds is 23. The van der Waals surface area contributed by atoms with Gasteiger partial charge in [0.25, 0.3) is 0 Å². The molecular weight excluding hydrogens is 776 g/mol. The smallest absolute Gasteiger partial charge is 0.338 e. The van der Waals surface area contributed by atoms with Crippen LogP contribution in [0.25, 0.3) is 0 Å². The van der Waals surface area contributed by atoms with Gasteiger partial charge in [0.15, 0.2) is 35.7 Å². The lowest BCUT2D eigenvalue weighted by Gasteiger charge is -2.42. The second-order valence-corrected chi connectivity index (χ2v) is 15.0. The highest BCUT2D eigenvalue weighted by molar-refractivity contribution is 8.77. The average molecular weight is 831 g/mol. The fraction of sp³-hybridized carbons (Fsp3) is 0.933. The second-order valence-electron chi connectivity index (χ2n) is 12.4. The van der Waals surface area contributed by atoms with Crippen molar-refractivity contribution >= 4 is 33.5 Å². The van der Waals surface area contributed by atoms with Crippen LogP contribution in [0.1, 0.15) is 39.5 Å². The summed E-state index contributed by atoms with van der Waals surface area (Å²) in [5, 5.41) is 141. The Morgan fingerprint density at radius 2 is 1.20 bits per heavy atom. The van der Waals surface area contributed by atoms with Gasteiger partial charge in [0.1, 0.15) is 61.0 Å². The van der Waals surface area contributed by atoms with Gasteiger partial charge in [-0.15, -0.1) is 0 Å². The molecule has 2 heterocycles. The number of ether oxygens (including phenoxy) is 6. The van der Waals surface area contributed by atoms with Crippen LogP contribution in [0.2, 0.25) is 0 Å². The summed E-state index contributed by atoms with van der Waals surface area (Å²) in [6.45, 7) is 0.0284. The highest BCUT2D eigenvalue weighted by atomic mass is 33.1. The van der Waals surface area contributed by atoms with Gasteiger partial charge in [-0.05, 0) is 40.9 Å². The lowest BCUT2D eigenvalue weighted by atomic mass is 9.98. The standard InChI is InChI=1S/C30H54O22S2/c1-3-17(50-27(45)23(42)19(38)14(5-6-31)47-29-12(36)7-11(35)15(9-33)48-29)53-54-18(4-2)51-28(46)24(43)22(41)26(13(37)8-32)52-30-25(44)21(40)20(39)16(10-34)49-30/h11-26,29-44H,3-10H2,1-2H3/t11-,12-,13-,14?,15-,16-,17?,18?,19+,20+,21+,22?,23+,24+,25-,26-,29-,30+/m1/s1. The molecule has 0 aliphatic carbocycles. The van der Waals surface area contributed by atoms with Gasteiger partial charge in [-0.3, -0.25) is 0 Å². The maximum absolute atomic E-state index is 12.8. The summed E-state index contributed by atoms with van der Waals surface area (Å²) in [7, 11) is 1.68. The van der Waals surface area contributed by atoms with Gasteiger partial charge in [0.05, 0.1) is 32.0 Å². The molecule has 2 rings (SSSR count). The number of hydrogen-bond donors (Lipinski definition) is 14. The van der Waals surface area contributed by atoms with Crippen LogP contribution in [-0.2, 0) is 38.0 Å². The Bertz CT molecular complexity index is 1100. The number of esters is 2. The fourth-order valence-electron chi connectivity index (χ4n) is 5.13. The van der Waals surface area contributed by atoms with Gasteiger partial charge < -0.3 is 99.9 Å². The molecule has 2 aliphatic heterocycles. The van der Waals surface area contributed by atoms with E-state index in [1.54, 1.807) is 13.8 Å². The summed E-state index contributed by atoms with van der Waals surface area (Å²) in [5.41, 5.74) is -2.11. The molecule has 18 atom stereocenters. The minimum atomic E-state index is -2.44. The van der Waals surface area contributed by atoms with E-state index < -0.39 is 147 Å². The van der Waals surface area contributed by atoms with Crippen LogP contribution in [0.5, 0.6) is 0 Å². The molecule has 0 aromatic rings. The Balaban J connectivity index is 2.00. The third-order valence-electron chi connectivity index (χ3n) is 8.42. The van der Waals surface area contributed by atoms with E-state index in [1.165, 1.54) is 0 Å². The van der Waals surface area contributed by atoms with Crippen LogP contribution >= 0.6 is 21.6 Å². The first-order valence-electron chi connectivity index (χ1n) is 17.1. The van der Waals surface area contributed by atoms with Crippen molar-refractivity contribution < 1.29 is 110 Å². The molecule has 0 aromatic heterocycles. The van der Waals surface area contributed by atoms with E-state index in [0.29, 0.717) is 0 Å². The van der Waals surface area contributed by atoms with Crippen molar-refractivity contribution in [2.24, 2.45) is 0 Å². The lowest BCUT2D eigenvalue weighted by Crippen LogP contribution is -2.61. The molecule has 0 spiro atoms. The maximum atomic E-state index is 12.8. The van der Waals surface area contributed by atoms with Crippen molar-refractivity contribution in [2.45, 2.75) is 148 Å². The van der Waals surface area contributed by atoms with Crippen molar-refractivity contribution in [1.29, 1.82) is 0 Å². The summed E-state index contributed by atoms with van der Waals surface area (Å²) in [6, 6.07) is 0. The Hall–Kier alpha value is -1.08. The average Bonchev–Trinajstić information content (AvgIpc) is 3.16. The SMILES string of the molecule is CCC(OC(=O)[C@@H](O)C(O)[C@H](O[C@@H]1O[C@H](CO)[C@H](O)[C@H](O)[C@H]1O)[C@H](O)CO)SSC(CC)OC(=O)[C@@H](O)[C@@H](O)C(CCO)O[C@@H]1O[C@H](CO)[C@H](O)C[C@H]1O. The molecule has 0 bridgehead atoms. The summed E-state index contributed by atoms with van der Waals surface area (Å²) in [5.74, 6) is -2.76. The molecule has 0 aromatic carbocycles. The van der Waals surface area contributed by atoms with Crippen LogP contribution in [0.4, 0.5) is 0 Å². The van der Waals surface area contributed by atoms with E-state index in [-0.39, 0.29) is 25.7 Å². The van der Waals surface area contributed by atoms with Crippen LogP contribution in [0.3, 0.4) is 0 Å². The monoisotopic (exact) mass is 830 g/mol. The first kappa shape index (κ1) is 49.1. The summed E-state index contributed by atoms with van der Waals surface area (Å²) in [6.07, 6.45) is -29.2. The van der Waals surface area contributed by atoms with Crippen LogP contribution in [0.15, 0.2) is 0 Å². The highest BCUT2D eigenvalue weighted by Crippen LogP contribution is 2.36. The van der Waals surface area contributed by atoms with E-state index in [4.69, 9.17) is 28.4 Å². The van der Waals surface area contributed by atoms with E-state index in [2.05, 4.69) is 0 Å². The van der Waals surface area contributed by atoms with E-state index in [0.717, 1.165) is 21.6 Å². The van der Waals surface area contributed by atoms with Crippen molar-refractivity contribution in [3.8, 4) is 0 Å². The predicted molar refractivity (Wildman–Crippen MR) is 180 cm³/mol. The molecule has 2 saturated heterocycles. The third-order valence-corrected chi connectivity index (χ3v) is 11.4. The van der Waals surface area contributed by atoms with Crippen molar-refractivity contribution in [3.05, 3.63) is 0 Å². The highest BCUT2D eigenvalue weighted by Gasteiger charge is 2.48. The quantitative estimate of drug-likeness (QED) is 0.0259. The van der Waals surface area contributed by atoms with Gasteiger partial charge in [-0.2, -0.15) is 0 Å². The van der Waals surface area contributed by atoms with Crippen molar-refractivity contribution in [2.75, 3.05) is 26.4 Å². The summed E-state index contributed by atoms with van der Waals surface area (Å²) >= 11 is 0. The molecule has 22 nitrogen and oxygen atoms in total. The van der Waals surface area contributed by atoms with E-state index >= 15 is 0 Å². The Morgan fingerprint density at radius 3 is 1.69 bits per heavy atom. The van der Waals surface area contributed by atoms with E-state index in [9.17, 15) is 81.1 Å². The molecule has 24 heteroatoms. The normalized spacial score (nSPS) is 32.7. The zero-order valence-corrected chi connectivity index (χ0v) is 31.0. The molecule has 54 heavy (non-hydrogen) atoms. The minimum absolute atomic E-state index is 0.0887. The van der Waals surface area contributed by atoms with Gasteiger partial charge in [0, 0.05) is 13.0 Å². The topological polar surface area (TPSA) is 373 Å². The lowest BCUT2D eigenvalue weighted by molar-refractivity contribution is -0.326. The number of aliphatic hydroxyl groups is 14. The molecule has 318 valence electrons. The first-order valence-corrected chi connectivity index (χ1v) is 19.4. The van der Waals surface area contributed by atoms with E-state index in [1.807, 2.05) is 0 Å². The second kappa shape index (κ2) is 24.0. The van der Waals surface area contributed by atoms with Gasteiger partial charge in [0.2, 0.25) is 0 Å². The van der Waals surface area contributed by atoms with Crippen molar-refractivity contribution in [3.63, 3.8) is 0 Å². The molecule has 0 amide bonds. The number of carbonyl (C=O) groups excluding carboxylic acids is 2. The Kier molecular flexibility index (Phi) is 21.8. The molecule has 0 saturated carbocycles. The summed E-state index contributed by atoms with van der Waals surface area (Å²) < 4.78 is 31.8. The van der Waals surface area contributed by atoms with Crippen molar-refractivity contribution in [1.82, 2.24) is 0 Å². The fourth-order valence-corrected chi connectivity index (χ4v) is 7.72. The number of aliphatic hydroxyl groups excluding tert-OH is 14. The van der Waals surface area contributed by atoms with Gasteiger partial charge in [-0.25, -0.2) is 9.59 Å². The van der Waals surface area contributed by atoms with Crippen LogP contribution < -0.4 is 0 Å². The molecule has 2 fully saturated rings. The van der Waals surface area contributed by atoms with Crippen LogP contribution in [0, 0.1) is 0 Å². The summed E-state index contributed by atoms with van der Waals surface area (Å²) in [4.78, 5) is 25.7.